The molecule has 0 aliphatic rings. The SMILES string of the molecule is CCNc1nc(NC(CC)CCO)nc(-n2cncn2)n1. The van der Waals surface area contributed by atoms with E-state index < -0.39 is 0 Å². The number of hydrogen-bond acceptors (Lipinski definition) is 8. The van der Waals surface area contributed by atoms with Crippen LogP contribution in [0.25, 0.3) is 5.95 Å². The van der Waals surface area contributed by atoms with Gasteiger partial charge < -0.3 is 15.7 Å². The fourth-order valence-corrected chi connectivity index (χ4v) is 1.80. The van der Waals surface area contributed by atoms with Crippen molar-refractivity contribution in [3.05, 3.63) is 12.7 Å². The maximum atomic E-state index is 9.06. The third kappa shape index (κ3) is 4.09. The molecular formula is C12H20N8O. The molecule has 2 aromatic rings. The maximum Gasteiger partial charge on any atom is 0.258 e. The second kappa shape index (κ2) is 7.48. The van der Waals surface area contributed by atoms with Gasteiger partial charge >= 0.3 is 0 Å². The van der Waals surface area contributed by atoms with Crippen molar-refractivity contribution in [2.45, 2.75) is 32.7 Å². The summed E-state index contributed by atoms with van der Waals surface area (Å²) in [6.07, 6.45) is 4.45. The highest BCUT2D eigenvalue weighted by atomic mass is 16.3. The number of aliphatic hydroxyl groups excluding tert-OH is 1. The summed E-state index contributed by atoms with van der Waals surface area (Å²) in [4.78, 5) is 16.8. The van der Waals surface area contributed by atoms with Crippen molar-refractivity contribution in [1.29, 1.82) is 0 Å². The first-order valence-corrected chi connectivity index (χ1v) is 6.99. The summed E-state index contributed by atoms with van der Waals surface area (Å²) in [6, 6.07) is 0.107. The highest BCUT2D eigenvalue weighted by Crippen LogP contribution is 2.11. The molecule has 2 heterocycles. The standard InChI is InChI=1S/C12H20N8O/c1-3-9(5-6-21)16-11-17-10(14-4-2)18-12(19-11)20-8-13-7-15-20/h7-9,21H,3-6H2,1-2H3,(H2,14,16,17,18,19). The van der Waals surface area contributed by atoms with Gasteiger partial charge in [-0.3, -0.25) is 0 Å². The average Bonchev–Trinajstić information content (AvgIpc) is 3.01. The van der Waals surface area contributed by atoms with Gasteiger partial charge in [-0.05, 0) is 19.8 Å². The van der Waals surface area contributed by atoms with E-state index in [0.717, 1.165) is 6.42 Å². The Morgan fingerprint density at radius 1 is 1.24 bits per heavy atom. The molecule has 0 amide bonds. The number of anilines is 2. The Labute approximate surface area is 122 Å². The van der Waals surface area contributed by atoms with E-state index in [9.17, 15) is 0 Å². The van der Waals surface area contributed by atoms with Crippen molar-refractivity contribution in [3.8, 4) is 5.95 Å². The van der Waals surface area contributed by atoms with E-state index in [2.05, 4.69) is 35.7 Å². The van der Waals surface area contributed by atoms with Crippen LogP contribution in [-0.4, -0.2) is 54.0 Å². The minimum Gasteiger partial charge on any atom is -0.396 e. The molecule has 1 atom stereocenters. The lowest BCUT2D eigenvalue weighted by molar-refractivity contribution is 0.278. The zero-order valence-electron chi connectivity index (χ0n) is 12.2. The summed E-state index contributed by atoms with van der Waals surface area (Å²) in [5, 5.41) is 19.4. The lowest BCUT2D eigenvalue weighted by Crippen LogP contribution is -2.22. The first kappa shape index (κ1) is 15.1. The summed E-state index contributed by atoms with van der Waals surface area (Å²) < 4.78 is 1.47. The van der Waals surface area contributed by atoms with E-state index in [1.54, 1.807) is 0 Å². The predicted molar refractivity (Wildman–Crippen MR) is 78.3 cm³/mol. The van der Waals surface area contributed by atoms with Crippen LogP contribution in [0.2, 0.25) is 0 Å². The van der Waals surface area contributed by atoms with E-state index in [-0.39, 0.29) is 12.6 Å². The van der Waals surface area contributed by atoms with Gasteiger partial charge in [0.25, 0.3) is 5.95 Å². The van der Waals surface area contributed by atoms with Gasteiger partial charge in [0.05, 0.1) is 0 Å². The molecule has 1 unspecified atom stereocenters. The minimum atomic E-state index is 0.107. The molecule has 0 radical (unpaired) electrons. The molecular weight excluding hydrogens is 272 g/mol. The van der Waals surface area contributed by atoms with Gasteiger partial charge in [-0.25, -0.2) is 4.98 Å². The number of nitrogens with one attached hydrogen (secondary N) is 2. The van der Waals surface area contributed by atoms with Crippen molar-refractivity contribution >= 4 is 11.9 Å². The van der Waals surface area contributed by atoms with Crippen molar-refractivity contribution < 1.29 is 5.11 Å². The molecule has 21 heavy (non-hydrogen) atoms. The van der Waals surface area contributed by atoms with Crippen molar-refractivity contribution in [2.24, 2.45) is 0 Å². The maximum absolute atomic E-state index is 9.06. The van der Waals surface area contributed by atoms with Gasteiger partial charge in [0.2, 0.25) is 11.9 Å². The van der Waals surface area contributed by atoms with Gasteiger partial charge in [-0.2, -0.15) is 24.7 Å². The average molecular weight is 292 g/mol. The number of aliphatic hydroxyl groups is 1. The summed E-state index contributed by atoms with van der Waals surface area (Å²) in [5.41, 5.74) is 0. The molecule has 2 aromatic heterocycles. The third-order valence-electron chi connectivity index (χ3n) is 2.89. The third-order valence-corrected chi connectivity index (χ3v) is 2.89. The van der Waals surface area contributed by atoms with Crippen molar-refractivity contribution in [2.75, 3.05) is 23.8 Å². The van der Waals surface area contributed by atoms with Crippen LogP contribution in [0.4, 0.5) is 11.9 Å². The number of nitrogens with zero attached hydrogens (tertiary/aromatic N) is 6. The molecule has 0 spiro atoms. The van der Waals surface area contributed by atoms with E-state index in [4.69, 9.17) is 5.11 Å². The van der Waals surface area contributed by atoms with E-state index >= 15 is 0 Å². The van der Waals surface area contributed by atoms with Crippen LogP contribution < -0.4 is 10.6 Å². The Morgan fingerprint density at radius 3 is 2.67 bits per heavy atom. The van der Waals surface area contributed by atoms with Crippen molar-refractivity contribution in [1.82, 2.24) is 29.7 Å². The van der Waals surface area contributed by atoms with Crippen LogP contribution in [0.15, 0.2) is 12.7 Å². The number of hydrogen-bond donors (Lipinski definition) is 3. The van der Waals surface area contributed by atoms with Gasteiger partial charge in [-0.15, -0.1) is 0 Å². The summed E-state index contributed by atoms with van der Waals surface area (Å²) >= 11 is 0. The molecule has 0 saturated heterocycles. The molecule has 0 aliphatic carbocycles. The van der Waals surface area contributed by atoms with Crippen LogP contribution in [0.3, 0.4) is 0 Å². The lowest BCUT2D eigenvalue weighted by atomic mass is 10.2. The zero-order chi connectivity index (χ0) is 15.1. The van der Waals surface area contributed by atoms with Crippen LogP contribution in [0, 0.1) is 0 Å². The highest BCUT2D eigenvalue weighted by Gasteiger charge is 2.12. The Bertz CT molecular complexity index is 544. The van der Waals surface area contributed by atoms with Gasteiger partial charge in [-0.1, -0.05) is 6.92 Å². The Balaban J connectivity index is 2.27. The van der Waals surface area contributed by atoms with Gasteiger partial charge in [0, 0.05) is 19.2 Å². The smallest absolute Gasteiger partial charge is 0.258 e. The monoisotopic (exact) mass is 292 g/mol. The largest absolute Gasteiger partial charge is 0.396 e. The normalized spacial score (nSPS) is 12.1. The molecule has 114 valence electrons. The summed E-state index contributed by atoms with van der Waals surface area (Å²) in [5.74, 6) is 1.31. The second-order valence-corrected chi connectivity index (χ2v) is 4.41. The molecule has 0 aliphatic heterocycles. The number of aromatic nitrogens is 6. The first-order valence-electron chi connectivity index (χ1n) is 6.99. The lowest BCUT2D eigenvalue weighted by Gasteiger charge is -2.16. The zero-order valence-corrected chi connectivity index (χ0v) is 12.2. The molecule has 0 fully saturated rings. The molecule has 0 bridgehead atoms. The summed E-state index contributed by atoms with van der Waals surface area (Å²) in [7, 11) is 0. The highest BCUT2D eigenvalue weighted by molar-refractivity contribution is 5.38. The van der Waals surface area contributed by atoms with E-state index in [1.165, 1.54) is 17.3 Å². The number of rotatable bonds is 8. The molecule has 0 aromatic carbocycles. The quantitative estimate of drug-likeness (QED) is 0.643. The molecule has 0 saturated carbocycles. The van der Waals surface area contributed by atoms with E-state index in [1.807, 2.05) is 13.8 Å². The van der Waals surface area contributed by atoms with Crippen LogP contribution in [-0.2, 0) is 0 Å². The summed E-state index contributed by atoms with van der Waals surface area (Å²) in [6.45, 7) is 4.82. The van der Waals surface area contributed by atoms with Crippen LogP contribution in [0.1, 0.15) is 26.7 Å². The van der Waals surface area contributed by atoms with Crippen molar-refractivity contribution in [3.63, 3.8) is 0 Å². The Kier molecular flexibility index (Phi) is 5.38. The molecule has 9 nitrogen and oxygen atoms in total. The van der Waals surface area contributed by atoms with Gasteiger partial charge in [0.1, 0.15) is 12.7 Å². The predicted octanol–water partition coefficient (Wildman–Crippen LogP) is 0.457. The molecule has 2 rings (SSSR count). The Hall–Kier alpha value is -2.29. The van der Waals surface area contributed by atoms with E-state index in [0.29, 0.717) is 30.8 Å². The molecule has 9 heteroatoms. The Morgan fingerprint density at radius 2 is 2.05 bits per heavy atom. The van der Waals surface area contributed by atoms with Crippen LogP contribution in [0.5, 0.6) is 0 Å². The second-order valence-electron chi connectivity index (χ2n) is 4.41. The first-order chi connectivity index (χ1) is 10.3. The fourth-order valence-electron chi connectivity index (χ4n) is 1.80. The fraction of sp³-hybridized carbons (Fsp3) is 0.583. The molecule has 3 N–H and O–H groups in total. The van der Waals surface area contributed by atoms with Crippen LogP contribution >= 0.6 is 0 Å². The minimum absolute atomic E-state index is 0.107. The topological polar surface area (TPSA) is 114 Å². The van der Waals surface area contributed by atoms with Gasteiger partial charge in [0.15, 0.2) is 0 Å².